The molecule has 26 heavy (non-hydrogen) atoms. The standard InChI is InChI=1S/C19H15ClN2O3S/c1-21-17(24)11-18(26-15-5-3-2-4-6-15)22(19(21)25)12-16(23)13-7-9-14(20)10-8-13/h2-11H,12H2,1H3. The monoisotopic (exact) mass is 386 g/mol. The molecule has 0 atom stereocenters. The lowest BCUT2D eigenvalue weighted by Gasteiger charge is -2.13. The molecule has 0 N–H and O–H groups in total. The Morgan fingerprint density at radius 1 is 1.04 bits per heavy atom. The predicted molar refractivity (Wildman–Crippen MR) is 102 cm³/mol. The summed E-state index contributed by atoms with van der Waals surface area (Å²) in [6, 6.07) is 17.2. The predicted octanol–water partition coefficient (Wildman–Crippen LogP) is 3.23. The van der Waals surface area contributed by atoms with Crippen molar-refractivity contribution < 1.29 is 4.79 Å². The van der Waals surface area contributed by atoms with Gasteiger partial charge in [0.2, 0.25) is 0 Å². The van der Waals surface area contributed by atoms with Crippen molar-refractivity contribution in [1.82, 2.24) is 9.13 Å². The first kappa shape index (κ1) is 18.2. The van der Waals surface area contributed by atoms with E-state index < -0.39 is 11.2 Å². The van der Waals surface area contributed by atoms with Crippen molar-refractivity contribution in [2.75, 3.05) is 0 Å². The van der Waals surface area contributed by atoms with E-state index in [2.05, 4.69) is 0 Å². The molecule has 7 heteroatoms. The molecule has 0 aliphatic heterocycles. The van der Waals surface area contributed by atoms with E-state index >= 15 is 0 Å². The van der Waals surface area contributed by atoms with Gasteiger partial charge >= 0.3 is 5.69 Å². The van der Waals surface area contributed by atoms with Gasteiger partial charge in [0, 0.05) is 28.6 Å². The van der Waals surface area contributed by atoms with Gasteiger partial charge in [-0.05, 0) is 36.4 Å². The summed E-state index contributed by atoms with van der Waals surface area (Å²) >= 11 is 7.11. The van der Waals surface area contributed by atoms with E-state index in [0.29, 0.717) is 15.6 Å². The second-order valence-electron chi connectivity index (χ2n) is 5.59. The summed E-state index contributed by atoms with van der Waals surface area (Å²) in [6.45, 7) is -0.163. The van der Waals surface area contributed by atoms with Crippen LogP contribution >= 0.6 is 23.4 Å². The van der Waals surface area contributed by atoms with E-state index in [-0.39, 0.29) is 12.3 Å². The second-order valence-corrected chi connectivity index (χ2v) is 7.12. The molecule has 0 radical (unpaired) electrons. The first-order valence-corrected chi connectivity index (χ1v) is 8.97. The summed E-state index contributed by atoms with van der Waals surface area (Å²) in [5.74, 6) is -0.239. The zero-order valence-corrected chi connectivity index (χ0v) is 15.5. The Bertz CT molecular complexity index is 1060. The van der Waals surface area contributed by atoms with E-state index in [1.165, 1.54) is 29.4 Å². The van der Waals surface area contributed by atoms with Crippen LogP contribution in [0.15, 0.2) is 80.2 Å². The van der Waals surface area contributed by atoms with Crippen molar-refractivity contribution in [1.29, 1.82) is 0 Å². The number of aromatic nitrogens is 2. The van der Waals surface area contributed by atoms with Crippen LogP contribution in [0.25, 0.3) is 0 Å². The molecular weight excluding hydrogens is 372 g/mol. The van der Waals surface area contributed by atoms with Crippen LogP contribution in [0.1, 0.15) is 10.4 Å². The van der Waals surface area contributed by atoms with Crippen molar-refractivity contribution >= 4 is 29.1 Å². The van der Waals surface area contributed by atoms with Crippen LogP contribution in [-0.2, 0) is 13.6 Å². The molecule has 2 aromatic carbocycles. The van der Waals surface area contributed by atoms with Crippen molar-refractivity contribution in [2.45, 2.75) is 16.5 Å². The van der Waals surface area contributed by atoms with Gasteiger partial charge in [-0.25, -0.2) is 4.79 Å². The summed E-state index contributed by atoms with van der Waals surface area (Å²) < 4.78 is 2.31. The van der Waals surface area contributed by atoms with Crippen molar-refractivity contribution in [3.63, 3.8) is 0 Å². The number of carbonyl (C=O) groups excluding carboxylic acids is 1. The Morgan fingerprint density at radius 3 is 2.35 bits per heavy atom. The highest BCUT2D eigenvalue weighted by molar-refractivity contribution is 7.99. The fraction of sp³-hybridized carbons (Fsp3) is 0.105. The minimum atomic E-state index is -0.529. The summed E-state index contributed by atoms with van der Waals surface area (Å²) in [4.78, 5) is 38.0. The largest absolute Gasteiger partial charge is 0.332 e. The molecule has 132 valence electrons. The Balaban J connectivity index is 2.00. The Kier molecular flexibility index (Phi) is 5.44. The topological polar surface area (TPSA) is 61.1 Å². The SMILES string of the molecule is Cn1c(=O)cc(Sc2ccccc2)n(CC(=O)c2ccc(Cl)cc2)c1=O. The molecule has 3 rings (SSSR count). The lowest BCUT2D eigenvalue weighted by molar-refractivity contribution is 0.0966. The number of rotatable bonds is 5. The molecule has 0 bridgehead atoms. The molecule has 0 unspecified atom stereocenters. The summed E-state index contributed by atoms with van der Waals surface area (Å²) in [5.41, 5.74) is -0.493. The first-order chi connectivity index (χ1) is 12.5. The highest BCUT2D eigenvalue weighted by Crippen LogP contribution is 2.25. The fourth-order valence-corrected chi connectivity index (χ4v) is 3.43. The number of ketones is 1. The minimum Gasteiger partial charge on any atom is -0.292 e. The molecule has 0 fully saturated rings. The maximum atomic E-state index is 12.6. The molecule has 0 aliphatic rings. The van der Waals surface area contributed by atoms with Crippen LogP contribution in [0.2, 0.25) is 5.02 Å². The van der Waals surface area contributed by atoms with Gasteiger partial charge in [-0.15, -0.1) is 0 Å². The van der Waals surface area contributed by atoms with Gasteiger partial charge < -0.3 is 0 Å². The zero-order valence-electron chi connectivity index (χ0n) is 13.9. The van der Waals surface area contributed by atoms with Crippen LogP contribution < -0.4 is 11.2 Å². The number of halogens is 1. The number of hydrogen-bond donors (Lipinski definition) is 0. The third kappa shape index (κ3) is 3.98. The molecule has 0 saturated heterocycles. The van der Waals surface area contributed by atoms with Crippen molar-refractivity contribution in [2.24, 2.45) is 7.05 Å². The van der Waals surface area contributed by atoms with Gasteiger partial charge in [-0.1, -0.05) is 41.6 Å². The van der Waals surface area contributed by atoms with E-state index in [1.54, 1.807) is 24.3 Å². The first-order valence-electron chi connectivity index (χ1n) is 7.78. The van der Waals surface area contributed by atoms with Gasteiger partial charge in [0.25, 0.3) is 5.56 Å². The summed E-state index contributed by atoms with van der Waals surface area (Å²) in [6.07, 6.45) is 0. The maximum Gasteiger partial charge on any atom is 0.332 e. The molecule has 0 spiro atoms. The zero-order chi connectivity index (χ0) is 18.7. The van der Waals surface area contributed by atoms with Gasteiger partial charge in [0.05, 0.1) is 11.6 Å². The summed E-state index contributed by atoms with van der Waals surface area (Å²) in [7, 11) is 1.39. The second kappa shape index (κ2) is 7.76. The number of Topliss-reactive ketones (excluding diaryl/α,β-unsaturated/α-hetero) is 1. The van der Waals surface area contributed by atoms with Crippen LogP contribution in [0.5, 0.6) is 0 Å². The highest BCUT2D eigenvalue weighted by atomic mass is 35.5. The number of benzene rings is 2. The molecule has 0 saturated carbocycles. The Morgan fingerprint density at radius 2 is 1.69 bits per heavy atom. The smallest absolute Gasteiger partial charge is 0.292 e. The van der Waals surface area contributed by atoms with Crippen molar-refractivity contribution in [3.05, 3.63) is 92.1 Å². The van der Waals surface area contributed by atoms with Gasteiger partial charge in [-0.2, -0.15) is 0 Å². The molecule has 0 amide bonds. The van der Waals surface area contributed by atoms with E-state index in [9.17, 15) is 14.4 Å². The van der Waals surface area contributed by atoms with Crippen molar-refractivity contribution in [3.8, 4) is 0 Å². The minimum absolute atomic E-state index is 0.163. The molecule has 1 heterocycles. The quantitative estimate of drug-likeness (QED) is 0.499. The van der Waals surface area contributed by atoms with Crippen LogP contribution in [0, 0.1) is 0 Å². The van der Waals surface area contributed by atoms with Crippen LogP contribution in [0.4, 0.5) is 0 Å². The van der Waals surface area contributed by atoms with E-state index in [1.807, 2.05) is 30.3 Å². The summed E-state index contributed by atoms with van der Waals surface area (Å²) in [5, 5.41) is 0.952. The maximum absolute atomic E-state index is 12.6. The third-order valence-corrected chi connectivity index (χ3v) is 5.10. The number of nitrogens with zero attached hydrogens (tertiary/aromatic N) is 2. The van der Waals surface area contributed by atoms with Gasteiger partial charge in [-0.3, -0.25) is 18.7 Å². The average molecular weight is 387 g/mol. The highest BCUT2D eigenvalue weighted by Gasteiger charge is 2.15. The Labute approximate surface area is 158 Å². The molecular formula is C19H15ClN2O3S. The van der Waals surface area contributed by atoms with Crippen LogP contribution in [-0.4, -0.2) is 14.9 Å². The third-order valence-electron chi connectivity index (χ3n) is 3.79. The van der Waals surface area contributed by atoms with Gasteiger partial charge in [0.1, 0.15) is 0 Å². The normalized spacial score (nSPS) is 10.7. The number of hydrogen-bond acceptors (Lipinski definition) is 4. The van der Waals surface area contributed by atoms with E-state index in [0.717, 1.165) is 9.46 Å². The van der Waals surface area contributed by atoms with Gasteiger partial charge in [0.15, 0.2) is 5.78 Å². The average Bonchev–Trinajstić information content (AvgIpc) is 2.64. The molecule has 5 nitrogen and oxygen atoms in total. The molecule has 1 aromatic heterocycles. The Hall–Kier alpha value is -2.57. The van der Waals surface area contributed by atoms with Crippen LogP contribution in [0.3, 0.4) is 0 Å². The lowest BCUT2D eigenvalue weighted by atomic mass is 10.1. The molecule has 0 aliphatic carbocycles. The van der Waals surface area contributed by atoms with E-state index in [4.69, 9.17) is 11.6 Å². The lowest BCUT2D eigenvalue weighted by Crippen LogP contribution is -2.39. The molecule has 3 aromatic rings. The fourth-order valence-electron chi connectivity index (χ4n) is 2.36. The number of carbonyl (C=O) groups is 1.